The van der Waals surface area contributed by atoms with Gasteiger partial charge in [-0.15, -0.1) is 0 Å². The molecule has 0 bridgehead atoms. The molecule has 0 aliphatic heterocycles. The van der Waals surface area contributed by atoms with Crippen molar-refractivity contribution in [1.82, 2.24) is 0 Å². The van der Waals surface area contributed by atoms with Gasteiger partial charge in [-0.1, -0.05) is 32.1 Å². The molecule has 0 unspecified atom stereocenters. The van der Waals surface area contributed by atoms with Crippen LogP contribution in [-0.2, 0) is 0 Å². The third-order valence-corrected chi connectivity index (χ3v) is 4.30. The molecule has 2 aromatic carbocycles. The third kappa shape index (κ3) is 6.87. The Morgan fingerprint density at radius 2 is 0.793 bits per heavy atom. The van der Waals surface area contributed by atoms with Gasteiger partial charge in [-0.05, 0) is 37.1 Å². The summed E-state index contributed by atoms with van der Waals surface area (Å²) < 4.78 is 88.8. The van der Waals surface area contributed by atoms with Crippen molar-refractivity contribution in [3.05, 3.63) is 59.2 Å². The fourth-order valence-corrected chi connectivity index (χ4v) is 2.69. The average molecular weight is 420 g/mol. The Hall–Kier alpha value is -2.38. The van der Waals surface area contributed by atoms with Crippen molar-refractivity contribution in [1.29, 1.82) is 0 Å². The molecule has 2 aromatic rings. The summed E-state index contributed by atoms with van der Waals surface area (Å²) in [5.74, 6) is -8.85. The summed E-state index contributed by atoms with van der Waals surface area (Å²) >= 11 is 0. The standard InChI is InChI=1S/C21H22F6O2/c22-14-8-10-16(20(26)18(14)24)28-12-6-4-2-1-3-5-7-13-29-17-11-9-15(23)19(25)21(17)27/h8-11H,1-7,12-13H2. The molecule has 0 radical (unpaired) electrons. The van der Waals surface area contributed by atoms with Gasteiger partial charge in [-0.3, -0.25) is 0 Å². The van der Waals surface area contributed by atoms with Gasteiger partial charge in [0, 0.05) is 0 Å². The summed E-state index contributed by atoms with van der Waals surface area (Å²) in [6.45, 7) is 0.408. The highest BCUT2D eigenvalue weighted by molar-refractivity contribution is 5.26. The minimum atomic E-state index is -1.54. The van der Waals surface area contributed by atoms with Crippen LogP contribution < -0.4 is 9.47 Å². The van der Waals surface area contributed by atoms with Gasteiger partial charge in [0.15, 0.2) is 34.8 Å². The molecular formula is C21H22F6O2. The van der Waals surface area contributed by atoms with E-state index >= 15 is 0 Å². The summed E-state index contributed by atoms with van der Waals surface area (Å²) in [4.78, 5) is 0. The van der Waals surface area contributed by atoms with E-state index < -0.39 is 34.9 Å². The molecule has 0 atom stereocenters. The lowest BCUT2D eigenvalue weighted by Gasteiger charge is -2.08. The van der Waals surface area contributed by atoms with Crippen molar-refractivity contribution >= 4 is 0 Å². The van der Waals surface area contributed by atoms with E-state index in [1.54, 1.807) is 0 Å². The van der Waals surface area contributed by atoms with Crippen molar-refractivity contribution in [2.45, 2.75) is 44.9 Å². The maximum Gasteiger partial charge on any atom is 0.203 e. The topological polar surface area (TPSA) is 18.5 Å². The molecule has 0 aliphatic rings. The summed E-state index contributed by atoms with van der Waals surface area (Å²) in [5, 5.41) is 0. The Kier molecular flexibility index (Phi) is 9.15. The van der Waals surface area contributed by atoms with Gasteiger partial charge in [-0.2, -0.15) is 8.78 Å². The second kappa shape index (κ2) is 11.6. The van der Waals surface area contributed by atoms with Gasteiger partial charge in [0.25, 0.3) is 0 Å². The maximum atomic E-state index is 13.4. The molecule has 0 spiro atoms. The molecule has 0 saturated carbocycles. The highest BCUT2D eigenvalue weighted by Crippen LogP contribution is 2.23. The molecule has 2 nitrogen and oxygen atoms in total. The Labute approximate surface area is 165 Å². The number of hydrogen-bond acceptors (Lipinski definition) is 2. The molecular weight excluding hydrogens is 398 g/mol. The lowest BCUT2D eigenvalue weighted by molar-refractivity contribution is 0.278. The third-order valence-electron chi connectivity index (χ3n) is 4.30. The lowest BCUT2D eigenvalue weighted by atomic mass is 10.1. The normalized spacial score (nSPS) is 11.0. The number of ether oxygens (including phenoxy) is 2. The Bertz CT molecular complexity index is 732. The number of benzene rings is 2. The minimum absolute atomic E-state index is 0.204. The number of unbranched alkanes of at least 4 members (excludes halogenated alkanes) is 6. The number of halogens is 6. The molecule has 0 aliphatic carbocycles. The summed E-state index contributed by atoms with van der Waals surface area (Å²) in [7, 11) is 0. The molecule has 0 N–H and O–H groups in total. The Morgan fingerprint density at radius 3 is 1.17 bits per heavy atom. The van der Waals surface area contributed by atoms with Gasteiger partial charge < -0.3 is 9.47 Å². The largest absolute Gasteiger partial charge is 0.490 e. The van der Waals surface area contributed by atoms with Crippen LogP contribution in [0.1, 0.15) is 44.9 Å². The predicted octanol–water partition coefficient (Wildman–Crippen LogP) is 6.71. The fraction of sp³-hybridized carbons (Fsp3) is 0.429. The van der Waals surface area contributed by atoms with E-state index in [-0.39, 0.29) is 24.7 Å². The van der Waals surface area contributed by atoms with Crippen LogP contribution in [0.3, 0.4) is 0 Å². The van der Waals surface area contributed by atoms with Crippen LogP contribution in [0.15, 0.2) is 24.3 Å². The van der Waals surface area contributed by atoms with Crippen LogP contribution in [0.2, 0.25) is 0 Å². The van der Waals surface area contributed by atoms with Crippen molar-refractivity contribution < 1.29 is 35.8 Å². The van der Waals surface area contributed by atoms with Crippen LogP contribution in [-0.4, -0.2) is 13.2 Å². The molecule has 0 amide bonds. The Morgan fingerprint density at radius 1 is 0.448 bits per heavy atom. The SMILES string of the molecule is Fc1ccc(OCCCCCCCCCOc2ccc(F)c(F)c2F)c(F)c1F. The van der Waals surface area contributed by atoms with E-state index in [1.807, 2.05) is 0 Å². The molecule has 160 valence electrons. The van der Waals surface area contributed by atoms with E-state index in [0.29, 0.717) is 12.8 Å². The zero-order valence-electron chi connectivity index (χ0n) is 15.8. The van der Waals surface area contributed by atoms with Crippen LogP contribution >= 0.6 is 0 Å². The summed E-state index contributed by atoms with van der Waals surface area (Å²) in [6.07, 6.45) is 5.75. The first-order valence-electron chi connectivity index (χ1n) is 9.44. The summed E-state index contributed by atoms with van der Waals surface area (Å²) in [5.41, 5.74) is 0. The lowest BCUT2D eigenvalue weighted by Crippen LogP contribution is -2.02. The van der Waals surface area contributed by atoms with Gasteiger partial charge >= 0.3 is 0 Å². The highest BCUT2D eigenvalue weighted by Gasteiger charge is 2.15. The van der Waals surface area contributed by atoms with E-state index in [4.69, 9.17) is 9.47 Å². The van der Waals surface area contributed by atoms with E-state index in [2.05, 4.69) is 0 Å². The maximum absolute atomic E-state index is 13.4. The fourth-order valence-electron chi connectivity index (χ4n) is 2.69. The minimum Gasteiger partial charge on any atom is -0.490 e. The molecule has 0 heterocycles. The zero-order valence-corrected chi connectivity index (χ0v) is 15.8. The van der Waals surface area contributed by atoms with Crippen LogP contribution in [0.25, 0.3) is 0 Å². The van der Waals surface area contributed by atoms with Gasteiger partial charge in [-0.25, -0.2) is 17.6 Å². The first kappa shape index (κ1) is 22.9. The monoisotopic (exact) mass is 420 g/mol. The molecule has 8 heteroatoms. The van der Waals surface area contributed by atoms with E-state index in [1.165, 1.54) is 0 Å². The molecule has 0 saturated heterocycles. The van der Waals surface area contributed by atoms with Crippen LogP contribution in [0.5, 0.6) is 11.5 Å². The number of hydrogen-bond donors (Lipinski definition) is 0. The van der Waals surface area contributed by atoms with Crippen molar-refractivity contribution in [3.8, 4) is 11.5 Å². The highest BCUT2D eigenvalue weighted by atomic mass is 19.2. The quantitative estimate of drug-likeness (QED) is 0.216. The zero-order chi connectivity index (χ0) is 21.2. The average Bonchev–Trinajstić information content (AvgIpc) is 2.71. The first-order chi connectivity index (χ1) is 13.9. The molecule has 29 heavy (non-hydrogen) atoms. The molecule has 2 rings (SSSR count). The van der Waals surface area contributed by atoms with Crippen LogP contribution in [0.4, 0.5) is 26.3 Å². The summed E-state index contributed by atoms with van der Waals surface area (Å²) in [6, 6.07) is 3.75. The molecule has 0 fully saturated rings. The second-order valence-corrected chi connectivity index (χ2v) is 6.52. The van der Waals surface area contributed by atoms with E-state index in [9.17, 15) is 26.3 Å². The molecule has 0 aromatic heterocycles. The Balaban J connectivity index is 1.49. The predicted molar refractivity (Wildman–Crippen MR) is 95.9 cm³/mol. The van der Waals surface area contributed by atoms with Gasteiger partial charge in [0.2, 0.25) is 11.6 Å². The van der Waals surface area contributed by atoms with Crippen molar-refractivity contribution in [2.75, 3.05) is 13.2 Å². The second-order valence-electron chi connectivity index (χ2n) is 6.52. The van der Waals surface area contributed by atoms with Gasteiger partial charge in [0.05, 0.1) is 13.2 Å². The van der Waals surface area contributed by atoms with Gasteiger partial charge in [0.1, 0.15) is 0 Å². The first-order valence-corrected chi connectivity index (χ1v) is 9.44. The van der Waals surface area contributed by atoms with Crippen LogP contribution in [0, 0.1) is 34.9 Å². The number of rotatable bonds is 12. The van der Waals surface area contributed by atoms with Crippen molar-refractivity contribution in [2.24, 2.45) is 0 Å². The smallest absolute Gasteiger partial charge is 0.203 e. The van der Waals surface area contributed by atoms with Crippen molar-refractivity contribution in [3.63, 3.8) is 0 Å². The van der Waals surface area contributed by atoms with E-state index in [0.717, 1.165) is 56.4 Å².